The molecule has 9 heteroatoms. The van der Waals surface area contributed by atoms with Gasteiger partial charge in [0.2, 0.25) is 10.0 Å². The number of carbonyl (C=O) groups excluding carboxylic acids is 1. The van der Waals surface area contributed by atoms with Gasteiger partial charge in [-0.2, -0.15) is 0 Å². The van der Waals surface area contributed by atoms with Crippen LogP contribution in [0.2, 0.25) is 0 Å². The molecule has 0 atom stereocenters. The molecule has 0 bridgehead atoms. The van der Waals surface area contributed by atoms with E-state index < -0.39 is 16.0 Å². The zero-order valence-electron chi connectivity index (χ0n) is 14.6. The van der Waals surface area contributed by atoms with E-state index in [0.717, 1.165) is 4.31 Å². The highest BCUT2D eigenvalue weighted by Crippen LogP contribution is 2.16. The molecule has 0 unspecified atom stereocenters. The highest BCUT2D eigenvalue weighted by atomic mass is 32.2. The van der Waals surface area contributed by atoms with E-state index >= 15 is 0 Å². The molecule has 0 aliphatic rings. The molecular weight excluding hydrogens is 356 g/mol. The summed E-state index contributed by atoms with van der Waals surface area (Å²) in [6.07, 6.45) is 1.61. The number of sulfonamides is 1. The SMILES string of the molecule is Cc1nnc2ccc(C(=O)OCc3cccc(S(=O)(=O)N(C)C)c3)cn12. The van der Waals surface area contributed by atoms with Crippen LogP contribution in [0.25, 0.3) is 5.65 Å². The summed E-state index contributed by atoms with van der Waals surface area (Å²) >= 11 is 0. The van der Waals surface area contributed by atoms with Gasteiger partial charge < -0.3 is 4.74 Å². The summed E-state index contributed by atoms with van der Waals surface area (Å²) in [5.74, 6) is 0.150. The van der Waals surface area contributed by atoms with Gasteiger partial charge >= 0.3 is 5.97 Å². The molecule has 0 radical (unpaired) electrons. The third kappa shape index (κ3) is 3.44. The van der Waals surface area contributed by atoms with Crippen molar-refractivity contribution < 1.29 is 17.9 Å². The lowest BCUT2D eigenvalue weighted by Gasteiger charge is -2.12. The number of hydrogen-bond acceptors (Lipinski definition) is 6. The Labute approximate surface area is 151 Å². The first-order valence-electron chi connectivity index (χ1n) is 7.79. The van der Waals surface area contributed by atoms with Crippen molar-refractivity contribution in [3.05, 3.63) is 59.5 Å². The first-order chi connectivity index (χ1) is 12.3. The Morgan fingerprint density at radius 3 is 2.69 bits per heavy atom. The number of nitrogens with zero attached hydrogens (tertiary/aromatic N) is 4. The van der Waals surface area contributed by atoms with E-state index in [2.05, 4.69) is 10.2 Å². The number of carbonyl (C=O) groups is 1. The number of pyridine rings is 1. The zero-order valence-corrected chi connectivity index (χ0v) is 15.4. The number of esters is 1. The minimum atomic E-state index is -3.54. The van der Waals surface area contributed by atoms with Gasteiger partial charge in [-0.15, -0.1) is 10.2 Å². The predicted molar refractivity (Wildman–Crippen MR) is 94.2 cm³/mol. The standard InChI is InChI=1S/C17H18N4O4S/c1-12-18-19-16-8-7-14(10-21(12)16)17(22)25-11-13-5-4-6-15(9-13)26(23,24)20(2)3/h4-10H,11H2,1-3H3. The first-order valence-corrected chi connectivity index (χ1v) is 9.23. The summed E-state index contributed by atoms with van der Waals surface area (Å²) in [7, 11) is -0.610. The van der Waals surface area contributed by atoms with Crippen LogP contribution in [0, 0.1) is 6.92 Å². The third-order valence-electron chi connectivity index (χ3n) is 3.86. The van der Waals surface area contributed by atoms with Crippen molar-refractivity contribution in [3.63, 3.8) is 0 Å². The van der Waals surface area contributed by atoms with Crippen molar-refractivity contribution in [1.29, 1.82) is 0 Å². The molecule has 1 aromatic carbocycles. The van der Waals surface area contributed by atoms with Crippen molar-refractivity contribution in [2.24, 2.45) is 0 Å². The van der Waals surface area contributed by atoms with Crippen LogP contribution in [-0.2, 0) is 21.4 Å². The van der Waals surface area contributed by atoms with Crippen molar-refractivity contribution in [3.8, 4) is 0 Å². The molecule has 0 fully saturated rings. The molecule has 0 amide bonds. The Morgan fingerprint density at radius 2 is 1.96 bits per heavy atom. The quantitative estimate of drug-likeness (QED) is 0.630. The molecule has 0 saturated carbocycles. The number of benzene rings is 1. The third-order valence-corrected chi connectivity index (χ3v) is 5.67. The fourth-order valence-corrected chi connectivity index (χ4v) is 3.34. The molecule has 0 aliphatic carbocycles. The van der Waals surface area contributed by atoms with Gasteiger partial charge in [-0.3, -0.25) is 4.40 Å². The van der Waals surface area contributed by atoms with Crippen molar-refractivity contribution >= 4 is 21.6 Å². The van der Waals surface area contributed by atoms with E-state index in [0.29, 0.717) is 22.6 Å². The van der Waals surface area contributed by atoms with Gasteiger partial charge in [0, 0.05) is 20.3 Å². The molecular formula is C17H18N4O4S. The van der Waals surface area contributed by atoms with Crippen molar-refractivity contribution in [2.45, 2.75) is 18.4 Å². The number of aromatic nitrogens is 3. The second-order valence-electron chi connectivity index (χ2n) is 5.90. The molecule has 26 heavy (non-hydrogen) atoms. The van der Waals surface area contributed by atoms with E-state index in [-0.39, 0.29) is 11.5 Å². The lowest BCUT2D eigenvalue weighted by molar-refractivity contribution is 0.0472. The average molecular weight is 374 g/mol. The number of hydrogen-bond donors (Lipinski definition) is 0. The highest BCUT2D eigenvalue weighted by Gasteiger charge is 2.17. The highest BCUT2D eigenvalue weighted by molar-refractivity contribution is 7.89. The molecule has 2 aromatic heterocycles. The van der Waals surface area contributed by atoms with Gasteiger partial charge in [-0.25, -0.2) is 17.5 Å². The minimum Gasteiger partial charge on any atom is -0.457 e. The maximum Gasteiger partial charge on any atom is 0.339 e. The molecule has 0 saturated heterocycles. The lowest BCUT2D eigenvalue weighted by Crippen LogP contribution is -2.22. The van der Waals surface area contributed by atoms with Crippen LogP contribution in [0.3, 0.4) is 0 Å². The van der Waals surface area contributed by atoms with Crippen LogP contribution in [-0.4, -0.2) is 47.4 Å². The molecule has 0 aliphatic heterocycles. The average Bonchev–Trinajstić information content (AvgIpc) is 3.00. The summed E-state index contributed by atoms with van der Waals surface area (Å²) in [5, 5.41) is 7.90. The maximum atomic E-state index is 12.3. The molecule has 3 rings (SSSR count). The Morgan fingerprint density at radius 1 is 1.19 bits per heavy atom. The van der Waals surface area contributed by atoms with Gasteiger partial charge in [-0.05, 0) is 36.8 Å². The summed E-state index contributed by atoms with van der Waals surface area (Å²) in [6, 6.07) is 9.61. The van der Waals surface area contributed by atoms with Crippen LogP contribution in [0.5, 0.6) is 0 Å². The lowest BCUT2D eigenvalue weighted by atomic mass is 10.2. The molecule has 2 heterocycles. The van der Waals surface area contributed by atoms with Crippen LogP contribution in [0.1, 0.15) is 21.7 Å². The second-order valence-corrected chi connectivity index (χ2v) is 8.06. The van der Waals surface area contributed by atoms with E-state index in [1.54, 1.807) is 41.8 Å². The van der Waals surface area contributed by atoms with Crippen molar-refractivity contribution in [2.75, 3.05) is 14.1 Å². The van der Waals surface area contributed by atoms with E-state index in [4.69, 9.17) is 4.74 Å². The van der Waals surface area contributed by atoms with Crippen LogP contribution >= 0.6 is 0 Å². The topological polar surface area (TPSA) is 93.9 Å². The van der Waals surface area contributed by atoms with Gasteiger partial charge in [-0.1, -0.05) is 12.1 Å². The summed E-state index contributed by atoms with van der Waals surface area (Å²) in [5.41, 5.74) is 1.58. The fourth-order valence-electron chi connectivity index (χ4n) is 2.36. The van der Waals surface area contributed by atoms with E-state index in [1.807, 2.05) is 0 Å². The predicted octanol–water partition coefficient (Wildman–Crippen LogP) is 1.65. The summed E-state index contributed by atoms with van der Waals surface area (Å²) in [4.78, 5) is 12.4. The van der Waals surface area contributed by atoms with Crippen LogP contribution in [0.15, 0.2) is 47.5 Å². The molecule has 0 spiro atoms. The van der Waals surface area contributed by atoms with Crippen molar-refractivity contribution in [1.82, 2.24) is 18.9 Å². The number of fused-ring (bicyclic) bond motifs is 1. The first kappa shape index (κ1) is 18.0. The molecule has 8 nitrogen and oxygen atoms in total. The fraction of sp³-hybridized carbons (Fsp3) is 0.235. The number of ether oxygens (including phenoxy) is 1. The van der Waals surface area contributed by atoms with E-state index in [1.165, 1.54) is 26.2 Å². The molecule has 0 N–H and O–H groups in total. The Kier molecular flexibility index (Phi) is 4.75. The summed E-state index contributed by atoms with van der Waals surface area (Å²) in [6.45, 7) is 1.75. The maximum absolute atomic E-state index is 12.3. The van der Waals surface area contributed by atoms with Crippen LogP contribution in [0.4, 0.5) is 0 Å². The Bertz CT molecular complexity index is 1070. The largest absolute Gasteiger partial charge is 0.457 e. The number of aryl methyl sites for hydroxylation is 1. The van der Waals surface area contributed by atoms with Crippen LogP contribution < -0.4 is 0 Å². The smallest absolute Gasteiger partial charge is 0.339 e. The zero-order chi connectivity index (χ0) is 18.9. The molecule has 136 valence electrons. The van der Waals surface area contributed by atoms with Gasteiger partial charge in [0.25, 0.3) is 0 Å². The Balaban J connectivity index is 1.76. The minimum absolute atomic E-state index is 0.0329. The molecule has 3 aromatic rings. The summed E-state index contributed by atoms with van der Waals surface area (Å²) < 4.78 is 32.5. The normalized spacial score (nSPS) is 11.8. The second kappa shape index (κ2) is 6.85. The Hall–Kier alpha value is -2.78. The van der Waals surface area contributed by atoms with Gasteiger partial charge in [0.1, 0.15) is 12.4 Å². The van der Waals surface area contributed by atoms with Gasteiger partial charge in [0.15, 0.2) is 5.65 Å². The van der Waals surface area contributed by atoms with E-state index in [9.17, 15) is 13.2 Å². The monoisotopic (exact) mass is 374 g/mol. The number of rotatable bonds is 5. The van der Waals surface area contributed by atoms with Gasteiger partial charge in [0.05, 0.1) is 10.5 Å².